The van der Waals surface area contributed by atoms with Crippen LogP contribution in [0, 0.1) is 11.3 Å². The molecule has 20 heavy (non-hydrogen) atoms. The van der Waals surface area contributed by atoms with E-state index >= 15 is 0 Å². The molecule has 1 amide bonds. The van der Waals surface area contributed by atoms with Gasteiger partial charge in [-0.2, -0.15) is 0 Å². The Hall–Kier alpha value is -0.650. The van der Waals surface area contributed by atoms with Crippen LogP contribution >= 0.6 is 0 Å². The molecule has 0 spiro atoms. The number of nitrogens with one attached hydrogen (secondary N) is 2. The number of hydrogen-bond donors (Lipinski definition) is 2. The largest absolute Gasteiger partial charge is 0.383 e. The second-order valence-electron chi connectivity index (χ2n) is 6.53. The first kappa shape index (κ1) is 17.4. The van der Waals surface area contributed by atoms with Crippen molar-refractivity contribution in [2.24, 2.45) is 11.3 Å². The van der Waals surface area contributed by atoms with Crippen molar-refractivity contribution >= 4 is 5.91 Å². The zero-order valence-corrected chi connectivity index (χ0v) is 13.3. The second-order valence-corrected chi connectivity index (χ2v) is 6.53. The third-order valence-corrected chi connectivity index (χ3v) is 3.63. The summed E-state index contributed by atoms with van der Waals surface area (Å²) in [6, 6.07) is 0. The van der Waals surface area contributed by atoms with Crippen LogP contribution in [0.2, 0.25) is 0 Å². The Bertz CT molecular complexity index is 289. The van der Waals surface area contributed by atoms with E-state index in [4.69, 9.17) is 9.47 Å². The maximum absolute atomic E-state index is 11.7. The molecule has 1 aliphatic heterocycles. The molecule has 0 bridgehead atoms. The van der Waals surface area contributed by atoms with Crippen molar-refractivity contribution in [3.8, 4) is 0 Å². The SMILES string of the molecule is COCCNCC(=O)NCC1CCCOC1C(C)(C)C. The van der Waals surface area contributed by atoms with E-state index in [0.29, 0.717) is 32.2 Å². The van der Waals surface area contributed by atoms with Gasteiger partial charge in [0.2, 0.25) is 5.91 Å². The molecule has 1 saturated heterocycles. The van der Waals surface area contributed by atoms with Gasteiger partial charge in [0, 0.05) is 32.7 Å². The number of ether oxygens (including phenoxy) is 2. The monoisotopic (exact) mass is 286 g/mol. The molecular formula is C15H30N2O3. The number of carbonyl (C=O) groups is 1. The van der Waals surface area contributed by atoms with Crippen molar-refractivity contribution < 1.29 is 14.3 Å². The third-order valence-electron chi connectivity index (χ3n) is 3.63. The third kappa shape index (κ3) is 6.20. The van der Waals surface area contributed by atoms with Crippen molar-refractivity contribution in [3.05, 3.63) is 0 Å². The van der Waals surface area contributed by atoms with E-state index in [1.54, 1.807) is 7.11 Å². The minimum Gasteiger partial charge on any atom is -0.383 e. The van der Waals surface area contributed by atoms with Crippen LogP contribution in [0.4, 0.5) is 0 Å². The highest BCUT2D eigenvalue weighted by Gasteiger charge is 2.35. The average molecular weight is 286 g/mol. The molecule has 2 unspecified atom stereocenters. The molecular weight excluding hydrogens is 256 g/mol. The van der Waals surface area contributed by atoms with E-state index in [2.05, 4.69) is 31.4 Å². The molecule has 1 fully saturated rings. The predicted octanol–water partition coefficient (Wildman–Crippen LogP) is 1.18. The van der Waals surface area contributed by atoms with Gasteiger partial charge in [-0.1, -0.05) is 20.8 Å². The average Bonchev–Trinajstić information content (AvgIpc) is 2.40. The van der Waals surface area contributed by atoms with Gasteiger partial charge in [-0.15, -0.1) is 0 Å². The zero-order valence-electron chi connectivity index (χ0n) is 13.3. The van der Waals surface area contributed by atoms with Gasteiger partial charge in [0.15, 0.2) is 0 Å². The van der Waals surface area contributed by atoms with Crippen LogP contribution in [0.25, 0.3) is 0 Å². The van der Waals surface area contributed by atoms with Crippen LogP contribution in [0.5, 0.6) is 0 Å². The maximum Gasteiger partial charge on any atom is 0.233 e. The van der Waals surface area contributed by atoms with Crippen molar-refractivity contribution in [3.63, 3.8) is 0 Å². The van der Waals surface area contributed by atoms with Gasteiger partial charge in [-0.25, -0.2) is 0 Å². The van der Waals surface area contributed by atoms with Crippen molar-refractivity contribution in [1.29, 1.82) is 0 Å². The summed E-state index contributed by atoms with van der Waals surface area (Å²) in [5, 5.41) is 6.06. The van der Waals surface area contributed by atoms with Crippen molar-refractivity contribution in [1.82, 2.24) is 10.6 Å². The van der Waals surface area contributed by atoms with Crippen LogP contribution in [0.3, 0.4) is 0 Å². The lowest BCUT2D eigenvalue weighted by molar-refractivity contribution is -0.122. The van der Waals surface area contributed by atoms with Gasteiger partial charge in [0.05, 0.1) is 19.3 Å². The molecule has 0 radical (unpaired) electrons. The number of rotatable bonds is 7. The van der Waals surface area contributed by atoms with Gasteiger partial charge in [-0.3, -0.25) is 4.79 Å². The summed E-state index contributed by atoms with van der Waals surface area (Å²) in [5.41, 5.74) is 0.118. The first-order valence-corrected chi connectivity index (χ1v) is 7.53. The number of hydrogen-bond acceptors (Lipinski definition) is 4. The molecule has 2 N–H and O–H groups in total. The molecule has 1 heterocycles. The molecule has 2 atom stereocenters. The predicted molar refractivity (Wildman–Crippen MR) is 79.7 cm³/mol. The van der Waals surface area contributed by atoms with Gasteiger partial charge in [-0.05, 0) is 18.3 Å². The quantitative estimate of drug-likeness (QED) is 0.690. The molecule has 0 aromatic carbocycles. The van der Waals surface area contributed by atoms with Crippen LogP contribution in [0.1, 0.15) is 33.6 Å². The zero-order chi connectivity index (χ0) is 15.0. The summed E-state index contributed by atoms with van der Waals surface area (Å²) >= 11 is 0. The Morgan fingerprint density at radius 1 is 1.40 bits per heavy atom. The van der Waals surface area contributed by atoms with Crippen LogP contribution in [0.15, 0.2) is 0 Å². The number of methoxy groups -OCH3 is 1. The van der Waals surface area contributed by atoms with Gasteiger partial charge < -0.3 is 20.1 Å². The maximum atomic E-state index is 11.7. The van der Waals surface area contributed by atoms with Crippen LogP contribution < -0.4 is 10.6 Å². The van der Waals surface area contributed by atoms with Gasteiger partial charge in [0.25, 0.3) is 0 Å². The lowest BCUT2D eigenvalue weighted by atomic mass is 9.78. The first-order chi connectivity index (χ1) is 9.45. The highest BCUT2D eigenvalue weighted by Crippen LogP contribution is 2.33. The van der Waals surface area contributed by atoms with Crippen molar-refractivity contribution in [2.75, 3.05) is 40.0 Å². The molecule has 0 aliphatic carbocycles. The molecule has 0 saturated carbocycles. The van der Waals surface area contributed by atoms with Gasteiger partial charge >= 0.3 is 0 Å². The van der Waals surface area contributed by atoms with E-state index in [-0.39, 0.29) is 17.4 Å². The molecule has 118 valence electrons. The summed E-state index contributed by atoms with van der Waals surface area (Å²) in [5.74, 6) is 0.450. The van der Waals surface area contributed by atoms with Crippen LogP contribution in [-0.2, 0) is 14.3 Å². The van der Waals surface area contributed by atoms with E-state index in [1.165, 1.54) is 0 Å². The van der Waals surface area contributed by atoms with E-state index in [9.17, 15) is 4.79 Å². The van der Waals surface area contributed by atoms with E-state index in [0.717, 1.165) is 19.4 Å². The molecule has 1 rings (SSSR count). The standard InChI is InChI=1S/C15H30N2O3/c1-15(2,3)14-12(6-5-8-20-14)10-17-13(18)11-16-7-9-19-4/h12,14,16H,5-11H2,1-4H3,(H,17,18). The van der Waals surface area contributed by atoms with Gasteiger partial charge in [0.1, 0.15) is 0 Å². The normalized spacial score (nSPS) is 23.6. The highest BCUT2D eigenvalue weighted by atomic mass is 16.5. The summed E-state index contributed by atoms with van der Waals surface area (Å²) in [6.45, 7) is 9.80. The molecule has 1 aliphatic rings. The summed E-state index contributed by atoms with van der Waals surface area (Å²) in [4.78, 5) is 11.7. The first-order valence-electron chi connectivity index (χ1n) is 7.53. The Kier molecular flexibility index (Phi) is 7.48. The molecule has 5 nitrogen and oxygen atoms in total. The molecule has 0 aromatic rings. The topological polar surface area (TPSA) is 59.6 Å². The fourth-order valence-corrected chi connectivity index (χ4v) is 2.69. The minimum absolute atomic E-state index is 0.0411. The fraction of sp³-hybridized carbons (Fsp3) is 0.933. The Morgan fingerprint density at radius 3 is 2.80 bits per heavy atom. The Balaban J connectivity index is 2.29. The smallest absolute Gasteiger partial charge is 0.233 e. The number of amides is 1. The Morgan fingerprint density at radius 2 is 2.15 bits per heavy atom. The second kappa shape index (κ2) is 8.60. The number of carbonyl (C=O) groups excluding carboxylic acids is 1. The molecule has 0 aromatic heterocycles. The van der Waals surface area contributed by atoms with E-state index < -0.39 is 0 Å². The summed E-state index contributed by atoms with van der Waals surface area (Å²) in [6.07, 6.45) is 2.43. The van der Waals surface area contributed by atoms with Crippen molar-refractivity contribution in [2.45, 2.75) is 39.7 Å². The lowest BCUT2D eigenvalue weighted by Gasteiger charge is -2.40. The molecule has 5 heteroatoms. The lowest BCUT2D eigenvalue weighted by Crippen LogP contribution is -2.46. The Labute approximate surface area is 122 Å². The van der Waals surface area contributed by atoms with E-state index in [1.807, 2.05) is 0 Å². The minimum atomic E-state index is 0.0411. The summed E-state index contributed by atoms with van der Waals surface area (Å²) in [7, 11) is 1.65. The summed E-state index contributed by atoms with van der Waals surface area (Å²) < 4.78 is 10.8. The van der Waals surface area contributed by atoms with Crippen LogP contribution in [-0.4, -0.2) is 52.0 Å². The fourth-order valence-electron chi connectivity index (χ4n) is 2.69. The highest BCUT2D eigenvalue weighted by molar-refractivity contribution is 5.77.